The topological polar surface area (TPSA) is 91.6 Å². The summed E-state index contributed by atoms with van der Waals surface area (Å²) in [5, 5.41) is 3.73. The maximum atomic E-state index is 13.0. The Bertz CT molecular complexity index is 1210. The third-order valence-corrected chi connectivity index (χ3v) is 5.18. The van der Waals surface area contributed by atoms with E-state index in [1.165, 1.54) is 24.4 Å². The maximum absolute atomic E-state index is 13.0. The van der Waals surface area contributed by atoms with Crippen molar-refractivity contribution in [2.45, 2.75) is 26.2 Å². The second-order valence-corrected chi connectivity index (χ2v) is 7.62. The molecule has 0 saturated heterocycles. The van der Waals surface area contributed by atoms with Crippen LogP contribution in [-0.4, -0.2) is 59.3 Å². The molecule has 0 unspecified atom stereocenters. The van der Waals surface area contributed by atoms with Crippen LogP contribution in [0.5, 0.6) is 11.6 Å². The van der Waals surface area contributed by atoms with E-state index < -0.39 is 12.7 Å². The number of rotatable bonds is 8. The van der Waals surface area contributed by atoms with Crippen molar-refractivity contribution in [3.8, 4) is 22.9 Å². The maximum Gasteiger partial charge on any atom is 0.408 e. The summed E-state index contributed by atoms with van der Waals surface area (Å²) in [5.74, 6) is 0.399. The van der Waals surface area contributed by atoms with Gasteiger partial charge in [-0.15, -0.1) is 0 Å². The van der Waals surface area contributed by atoms with Crippen molar-refractivity contribution >= 4 is 11.6 Å². The normalized spacial score (nSPS) is 13.4. The summed E-state index contributed by atoms with van der Waals surface area (Å²) in [4.78, 5) is 23.3. The summed E-state index contributed by atoms with van der Waals surface area (Å²) in [7, 11) is 3.05. The first-order chi connectivity index (χ1) is 16.2. The van der Waals surface area contributed by atoms with E-state index in [0.717, 1.165) is 4.68 Å². The summed E-state index contributed by atoms with van der Waals surface area (Å²) in [5.41, 5.74) is 3.13. The van der Waals surface area contributed by atoms with Crippen LogP contribution in [0.25, 0.3) is 11.3 Å². The Hall–Kier alpha value is -3.67. The number of ether oxygens (including phenoxy) is 3. The van der Waals surface area contributed by atoms with Gasteiger partial charge in [-0.25, -0.2) is 4.98 Å². The summed E-state index contributed by atoms with van der Waals surface area (Å²) < 4.78 is 54.7. The number of methoxy groups -OCH3 is 2. The van der Waals surface area contributed by atoms with Gasteiger partial charge in [0, 0.05) is 25.1 Å². The third kappa shape index (κ3) is 4.81. The number of amides is 1. The van der Waals surface area contributed by atoms with Crippen molar-refractivity contribution in [3.63, 3.8) is 0 Å². The zero-order valence-electron chi connectivity index (χ0n) is 18.7. The molecular formula is C22H22F3N5O4. The van der Waals surface area contributed by atoms with Gasteiger partial charge < -0.3 is 14.2 Å². The molecule has 1 amide bonds. The van der Waals surface area contributed by atoms with E-state index in [1.54, 1.807) is 32.4 Å². The van der Waals surface area contributed by atoms with E-state index in [1.807, 2.05) is 0 Å². The van der Waals surface area contributed by atoms with Crippen LogP contribution in [0.1, 0.15) is 21.6 Å². The van der Waals surface area contributed by atoms with Crippen molar-refractivity contribution in [1.29, 1.82) is 0 Å². The van der Waals surface area contributed by atoms with Gasteiger partial charge in [-0.1, -0.05) is 0 Å². The van der Waals surface area contributed by atoms with Crippen LogP contribution in [0.2, 0.25) is 0 Å². The quantitative estimate of drug-likeness (QED) is 0.459. The number of hydrogen-bond acceptors (Lipinski definition) is 7. The number of aryl methyl sites for hydroxylation is 1. The van der Waals surface area contributed by atoms with E-state index in [-0.39, 0.29) is 18.1 Å². The number of fused-ring (bicyclic) bond motifs is 1. The Balaban J connectivity index is 1.62. The number of hydrogen-bond donors (Lipinski definition) is 0. The van der Waals surface area contributed by atoms with Crippen molar-refractivity contribution < 1.29 is 32.2 Å². The van der Waals surface area contributed by atoms with Crippen LogP contribution >= 0.6 is 0 Å². The molecule has 0 radical (unpaired) electrons. The highest BCUT2D eigenvalue weighted by Crippen LogP contribution is 2.34. The third-order valence-electron chi connectivity index (χ3n) is 5.18. The molecule has 4 heterocycles. The Morgan fingerprint density at radius 2 is 1.94 bits per heavy atom. The molecule has 0 N–H and O–H groups in total. The van der Waals surface area contributed by atoms with Gasteiger partial charge in [0.05, 0.1) is 49.1 Å². The van der Waals surface area contributed by atoms with Gasteiger partial charge >= 0.3 is 6.18 Å². The van der Waals surface area contributed by atoms with Crippen LogP contribution in [0.4, 0.5) is 18.9 Å². The molecule has 9 nitrogen and oxygen atoms in total. The molecule has 4 rings (SSSR count). The molecule has 12 heteroatoms. The summed E-state index contributed by atoms with van der Waals surface area (Å²) in [6.45, 7) is 1.36. The number of carbonyl (C=O) groups is 1. The van der Waals surface area contributed by atoms with E-state index >= 15 is 0 Å². The lowest BCUT2D eigenvalue weighted by molar-refractivity contribution is -0.142. The van der Waals surface area contributed by atoms with Gasteiger partial charge in [-0.05, 0) is 24.6 Å². The van der Waals surface area contributed by atoms with Crippen molar-refractivity contribution in [2.75, 3.05) is 32.3 Å². The lowest BCUT2D eigenvalue weighted by atomic mass is 10.0. The molecule has 1 aliphatic heterocycles. The largest absolute Gasteiger partial charge is 0.486 e. The predicted octanol–water partition coefficient (Wildman–Crippen LogP) is 3.41. The molecule has 0 bridgehead atoms. The predicted molar refractivity (Wildman–Crippen MR) is 115 cm³/mol. The molecule has 34 heavy (non-hydrogen) atoms. The van der Waals surface area contributed by atoms with Crippen LogP contribution in [-0.2, 0) is 17.8 Å². The Morgan fingerprint density at radius 3 is 2.65 bits per heavy atom. The van der Waals surface area contributed by atoms with Crippen LogP contribution in [0.15, 0.2) is 30.7 Å². The first-order valence-electron chi connectivity index (χ1n) is 10.3. The number of pyridine rings is 2. The van der Waals surface area contributed by atoms with Crippen molar-refractivity contribution in [2.24, 2.45) is 0 Å². The van der Waals surface area contributed by atoms with Gasteiger partial charge in [0.1, 0.15) is 13.2 Å². The molecule has 0 saturated carbocycles. The number of halogens is 3. The Morgan fingerprint density at radius 1 is 1.15 bits per heavy atom. The number of carbonyl (C=O) groups excluding carboxylic acids is 1. The summed E-state index contributed by atoms with van der Waals surface area (Å²) in [6, 6.07) is 3.50. The van der Waals surface area contributed by atoms with Gasteiger partial charge in [-0.2, -0.15) is 18.3 Å². The van der Waals surface area contributed by atoms with E-state index in [4.69, 9.17) is 14.2 Å². The van der Waals surface area contributed by atoms with Crippen LogP contribution in [0.3, 0.4) is 0 Å². The molecule has 180 valence electrons. The minimum Gasteiger partial charge on any atom is -0.486 e. The second-order valence-electron chi connectivity index (χ2n) is 7.62. The molecule has 0 aromatic carbocycles. The molecule has 0 fully saturated rings. The SMILES string of the molecule is COCCOc1cc(-c2cc(C)c3c(n2)CN(c2cnn(CC(F)(F)F)c2)C3=O)cnc1OC. The van der Waals surface area contributed by atoms with Crippen LogP contribution in [0, 0.1) is 6.92 Å². The fourth-order valence-electron chi connectivity index (χ4n) is 3.68. The molecule has 1 aliphatic rings. The van der Waals surface area contributed by atoms with Crippen LogP contribution < -0.4 is 14.4 Å². The first-order valence-corrected chi connectivity index (χ1v) is 10.3. The molecule has 3 aromatic heterocycles. The highest BCUT2D eigenvalue weighted by Gasteiger charge is 2.34. The lowest BCUT2D eigenvalue weighted by Gasteiger charge is -2.12. The average molecular weight is 477 g/mol. The summed E-state index contributed by atoms with van der Waals surface area (Å²) >= 11 is 0. The smallest absolute Gasteiger partial charge is 0.408 e. The zero-order valence-corrected chi connectivity index (χ0v) is 18.7. The number of anilines is 1. The highest BCUT2D eigenvalue weighted by atomic mass is 19.4. The molecule has 3 aromatic rings. The van der Waals surface area contributed by atoms with E-state index in [2.05, 4.69) is 15.1 Å². The Labute approximate surface area is 193 Å². The standard InChI is InChI=1S/C22H22F3N5O4/c1-13-6-16(14-7-18(34-5-4-32-2)20(33-3)26-8-14)28-17-11-30(21(31)19(13)17)15-9-27-29(10-15)12-22(23,24)25/h6-10H,4-5,11-12H2,1-3H3. The van der Waals surface area contributed by atoms with Crippen molar-refractivity contribution in [1.82, 2.24) is 19.7 Å². The van der Waals surface area contributed by atoms with Gasteiger partial charge in [0.2, 0.25) is 0 Å². The van der Waals surface area contributed by atoms with Gasteiger partial charge in [0.25, 0.3) is 11.8 Å². The van der Waals surface area contributed by atoms with E-state index in [9.17, 15) is 18.0 Å². The summed E-state index contributed by atoms with van der Waals surface area (Å²) in [6.07, 6.45) is -0.383. The lowest BCUT2D eigenvalue weighted by Crippen LogP contribution is -2.23. The average Bonchev–Trinajstić information content (AvgIpc) is 3.36. The van der Waals surface area contributed by atoms with E-state index in [0.29, 0.717) is 52.9 Å². The number of nitrogens with zero attached hydrogens (tertiary/aromatic N) is 5. The highest BCUT2D eigenvalue weighted by molar-refractivity contribution is 6.10. The minimum atomic E-state index is -4.41. The molecule has 0 spiro atoms. The molecule has 0 atom stereocenters. The fraction of sp³-hybridized carbons (Fsp3) is 0.364. The van der Waals surface area contributed by atoms with Crippen molar-refractivity contribution in [3.05, 3.63) is 47.5 Å². The van der Waals surface area contributed by atoms with Gasteiger partial charge in [-0.3, -0.25) is 19.4 Å². The minimum absolute atomic E-state index is 0.112. The molecule has 0 aliphatic carbocycles. The fourth-order valence-corrected chi connectivity index (χ4v) is 3.68. The number of aromatic nitrogens is 4. The molecular weight excluding hydrogens is 455 g/mol. The first kappa shape index (κ1) is 23.5. The van der Waals surface area contributed by atoms with Gasteiger partial charge in [0.15, 0.2) is 5.75 Å². The monoisotopic (exact) mass is 477 g/mol. The number of alkyl halides is 3. The Kier molecular flexibility index (Phi) is 6.42. The second kappa shape index (κ2) is 9.29. The zero-order chi connectivity index (χ0) is 24.5.